The summed E-state index contributed by atoms with van der Waals surface area (Å²) in [5, 5.41) is 3.12. The summed E-state index contributed by atoms with van der Waals surface area (Å²) in [6, 6.07) is 0.877. The number of hydrogen-bond acceptors (Lipinski definition) is 3. The van der Waals surface area contributed by atoms with Crippen LogP contribution in [0.25, 0.3) is 0 Å². The van der Waals surface area contributed by atoms with Crippen molar-refractivity contribution in [3.05, 3.63) is 23.0 Å². The molecule has 0 radical (unpaired) electrons. The second kappa shape index (κ2) is 5.91. The summed E-state index contributed by atoms with van der Waals surface area (Å²) in [5.41, 5.74) is 0.398. The lowest BCUT2D eigenvalue weighted by molar-refractivity contribution is -0.144. The lowest BCUT2D eigenvalue weighted by atomic mass is 10.0. The topological polar surface area (TPSA) is 60.3 Å². The largest absolute Gasteiger partial charge is 0.467 e. The number of carbonyl (C=O) groups excluding carboxylic acids is 2. The van der Waals surface area contributed by atoms with Gasteiger partial charge in [-0.25, -0.2) is 4.79 Å². The summed E-state index contributed by atoms with van der Waals surface area (Å²) >= 11 is 5.81. The number of hydrogen-bond donors (Lipinski definition) is 1. The zero-order valence-electron chi connectivity index (χ0n) is 10.9. The van der Waals surface area contributed by atoms with E-state index in [9.17, 15) is 9.59 Å². The molecule has 0 saturated carbocycles. The van der Waals surface area contributed by atoms with Gasteiger partial charge >= 0.3 is 5.97 Å². The van der Waals surface area contributed by atoms with Crippen molar-refractivity contribution >= 4 is 23.5 Å². The van der Waals surface area contributed by atoms with E-state index in [-0.39, 0.29) is 11.8 Å². The van der Waals surface area contributed by atoms with E-state index in [0.717, 1.165) is 0 Å². The highest BCUT2D eigenvalue weighted by Crippen LogP contribution is 2.13. The van der Waals surface area contributed by atoms with E-state index in [0.29, 0.717) is 10.7 Å². The summed E-state index contributed by atoms with van der Waals surface area (Å²) in [5.74, 6) is -0.871. The fourth-order valence-electron chi connectivity index (χ4n) is 1.59. The molecular formula is C12H17ClN2O3. The Balaban J connectivity index is 2.85. The zero-order chi connectivity index (χ0) is 13.9. The van der Waals surface area contributed by atoms with Crippen molar-refractivity contribution in [3.8, 4) is 0 Å². The Hall–Kier alpha value is -1.49. The van der Waals surface area contributed by atoms with Crippen LogP contribution in [0.3, 0.4) is 0 Å². The third-order valence-electron chi connectivity index (χ3n) is 2.61. The van der Waals surface area contributed by atoms with E-state index in [1.807, 2.05) is 13.8 Å². The van der Waals surface area contributed by atoms with Gasteiger partial charge in [0.05, 0.1) is 12.1 Å². The summed E-state index contributed by atoms with van der Waals surface area (Å²) in [6.45, 7) is 3.67. The molecule has 0 aliphatic carbocycles. The molecule has 0 bridgehead atoms. The molecule has 5 nitrogen and oxygen atoms in total. The maximum Gasteiger partial charge on any atom is 0.328 e. The second-order valence-corrected chi connectivity index (χ2v) is 4.81. The van der Waals surface area contributed by atoms with E-state index in [1.54, 1.807) is 23.9 Å². The van der Waals surface area contributed by atoms with Gasteiger partial charge < -0.3 is 14.6 Å². The van der Waals surface area contributed by atoms with Gasteiger partial charge in [0.15, 0.2) is 0 Å². The molecule has 18 heavy (non-hydrogen) atoms. The Morgan fingerprint density at radius 2 is 2.06 bits per heavy atom. The summed E-state index contributed by atoms with van der Waals surface area (Å²) < 4.78 is 6.26. The molecule has 0 aromatic carbocycles. The average Bonchev–Trinajstić information content (AvgIpc) is 2.63. The molecule has 1 atom stereocenters. The molecule has 6 heteroatoms. The summed E-state index contributed by atoms with van der Waals surface area (Å²) in [7, 11) is 3.01. The van der Waals surface area contributed by atoms with Crippen LogP contribution in [-0.2, 0) is 16.6 Å². The maximum atomic E-state index is 12.0. The number of amides is 1. The molecule has 1 heterocycles. The first-order chi connectivity index (χ1) is 8.36. The molecule has 1 aromatic rings. The highest BCUT2D eigenvalue weighted by Gasteiger charge is 2.26. The predicted octanol–water partition coefficient (Wildman–Crippen LogP) is 1.61. The predicted molar refractivity (Wildman–Crippen MR) is 68.5 cm³/mol. The molecule has 1 N–H and O–H groups in total. The van der Waals surface area contributed by atoms with E-state index >= 15 is 0 Å². The van der Waals surface area contributed by atoms with Crippen LogP contribution < -0.4 is 5.32 Å². The highest BCUT2D eigenvalue weighted by molar-refractivity contribution is 6.31. The molecule has 0 saturated heterocycles. The monoisotopic (exact) mass is 272 g/mol. The third-order valence-corrected chi connectivity index (χ3v) is 2.82. The van der Waals surface area contributed by atoms with Gasteiger partial charge in [-0.2, -0.15) is 0 Å². The molecule has 0 aliphatic rings. The quantitative estimate of drug-likeness (QED) is 0.847. The minimum absolute atomic E-state index is 0.0582. The van der Waals surface area contributed by atoms with Crippen LogP contribution in [0, 0.1) is 5.92 Å². The smallest absolute Gasteiger partial charge is 0.328 e. The van der Waals surface area contributed by atoms with Crippen molar-refractivity contribution in [1.82, 2.24) is 9.88 Å². The van der Waals surface area contributed by atoms with Gasteiger partial charge in [0.1, 0.15) is 11.7 Å². The van der Waals surface area contributed by atoms with E-state index < -0.39 is 12.0 Å². The van der Waals surface area contributed by atoms with E-state index in [2.05, 4.69) is 10.1 Å². The van der Waals surface area contributed by atoms with E-state index in [4.69, 9.17) is 11.6 Å². The molecule has 0 spiro atoms. The van der Waals surface area contributed by atoms with Gasteiger partial charge in [0.2, 0.25) is 0 Å². The van der Waals surface area contributed by atoms with Gasteiger partial charge in [-0.3, -0.25) is 4.79 Å². The van der Waals surface area contributed by atoms with Crippen LogP contribution >= 0.6 is 11.6 Å². The number of aromatic nitrogens is 1. The number of nitrogens with one attached hydrogen (secondary N) is 1. The first-order valence-electron chi connectivity index (χ1n) is 5.57. The Kier molecular flexibility index (Phi) is 4.78. The Bertz CT molecular complexity index is 454. The maximum absolute atomic E-state index is 12.0. The molecule has 100 valence electrons. The van der Waals surface area contributed by atoms with Crippen molar-refractivity contribution in [2.75, 3.05) is 7.11 Å². The van der Waals surface area contributed by atoms with Gasteiger partial charge in [0.25, 0.3) is 5.91 Å². The zero-order valence-corrected chi connectivity index (χ0v) is 11.6. The van der Waals surface area contributed by atoms with Crippen LogP contribution in [0.1, 0.15) is 24.3 Å². The Morgan fingerprint density at radius 1 is 1.44 bits per heavy atom. The van der Waals surface area contributed by atoms with Crippen LogP contribution in [-0.4, -0.2) is 29.6 Å². The number of rotatable bonds is 4. The summed E-state index contributed by atoms with van der Waals surface area (Å²) in [4.78, 5) is 23.6. The number of aryl methyl sites for hydroxylation is 1. The Morgan fingerprint density at radius 3 is 2.44 bits per heavy atom. The molecule has 1 aromatic heterocycles. The number of ether oxygens (including phenoxy) is 1. The van der Waals surface area contributed by atoms with Crippen LogP contribution in [0.15, 0.2) is 12.3 Å². The third kappa shape index (κ3) is 3.26. The van der Waals surface area contributed by atoms with Gasteiger partial charge in [-0.15, -0.1) is 0 Å². The SMILES string of the molecule is COC(=O)C(NC(=O)c1cc(Cl)cn1C)C(C)C. The minimum atomic E-state index is -0.670. The molecule has 0 fully saturated rings. The van der Waals surface area contributed by atoms with Crippen molar-refractivity contribution in [2.24, 2.45) is 13.0 Å². The molecule has 1 amide bonds. The number of methoxy groups -OCH3 is 1. The lowest BCUT2D eigenvalue weighted by Crippen LogP contribution is -2.45. The number of esters is 1. The van der Waals surface area contributed by atoms with Crippen molar-refractivity contribution < 1.29 is 14.3 Å². The number of carbonyl (C=O) groups is 2. The van der Waals surface area contributed by atoms with Gasteiger partial charge in [-0.1, -0.05) is 25.4 Å². The molecular weight excluding hydrogens is 256 g/mol. The number of nitrogens with zero attached hydrogens (tertiary/aromatic N) is 1. The fourth-order valence-corrected chi connectivity index (χ4v) is 1.84. The van der Waals surface area contributed by atoms with Crippen molar-refractivity contribution in [3.63, 3.8) is 0 Å². The standard InChI is InChI=1S/C12H17ClN2O3/c1-7(2)10(12(17)18-4)14-11(16)9-5-8(13)6-15(9)3/h5-7,10H,1-4H3,(H,14,16). The van der Waals surface area contributed by atoms with Gasteiger partial charge in [-0.05, 0) is 12.0 Å². The summed E-state index contributed by atoms with van der Waals surface area (Å²) in [6.07, 6.45) is 1.62. The van der Waals surface area contributed by atoms with Crippen LogP contribution in [0.4, 0.5) is 0 Å². The first-order valence-corrected chi connectivity index (χ1v) is 5.95. The normalized spacial score (nSPS) is 12.3. The molecule has 1 unspecified atom stereocenters. The average molecular weight is 273 g/mol. The minimum Gasteiger partial charge on any atom is -0.467 e. The van der Waals surface area contributed by atoms with Crippen molar-refractivity contribution in [2.45, 2.75) is 19.9 Å². The molecule has 1 rings (SSSR count). The first kappa shape index (κ1) is 14.6. The number of halogens is 1. The molecule has 0 aliphatic heterocycles. The Labute approximate surface area is 111 Å². The lowest BCUT2D eigenvalue weighted by Gasteiger charge is -2.19. The van der Waals surface area contributed by atoms with Crippen molar-refractivity contribution in [1.29, 1.82) is 0 Å². The highest BCUT2D eigenvalue weighted by atomic mass is 35.5. The second-order valence-electron chi connectivity index (χ2n) is 4.37. The van der Waals surface area contributed by atoms with Gasteiger partial charge in [0, 0.05) is 13.2 Å². The fraction of sp³-hybridized carbons (Fsp3) is 0.500. The van der Waals surface area contributed by atoms with E-state index in [1.165, 1.54) is 7.11 Å². The van der Waals surface area contributed by atoms with Crippen LogP contribution in [0.5, 0.6) is 0 Å². The van der Waals surface area contributed by atoms with Crippen LogP contribution in [0.2, 0.25) is 5.02 Å².